The van der Waals surface area contributed by atoms with Crippen LogP contribution in [0.15, 0.2) is 48.7 Å². The van der Waals surface area contributed by atoms with Crippen LogP contribution >= 0.6 is 0 Å². The molecule has 3 aromatic rings. The van der Waals surface area contributed by atoms with E-state index in [2.05, 4.69) is 5.10 Å². The summed E-state index contributed by atoms with van der Waals surface area (Å²) in [6.45, 7) is 0. The molecular weight excluding hydrogens is 212 g/mol. The van der Waals surface area contributed by atoms with Crippen LogP contribution in [0.4, 0.5) is 11.4 Å². The van der Waals surface area contributed by atoms with Gasteiger partial charge < -0.3 is 11.5 Å². The molecule has 0 aliphatic rings. The van der Waals surface area contributed by atoms with Crippen LogP contribution in [0.2, 0.25) is 0 Å². The Kier molecular flexibility index (Phi) is 2.01. The Morgan fingerprint density at radius 3 is 2.35 bits per heavy atom. The number of nitrogen functional groups attached to an aromatic ring is 2. The van der Waals surface area contributed by atoms with Gasteiger partial charge >= 0.3 is 0 Å². The summed E-state index contributed by atoms with van der Waals surface area (Å²) < 4.78 is 1.82. The third-order valence-corrected chi connectivity index (χ3v) is 2.69. The summed E-state index contributed by atoms with van der Waals surface area (Å²) in [7, 11) is 0. The molecule has 0 unspecified atom stereocenters. The van der Waals surface area contributed by atoms with Crippen LogP contribution < -0.4 is 11.5 Å². The lowest BCUT2D eigenvalue weighted by molar-refractivity contribution is 0.897. The van der Waals surface area contributed by atoms with E-state index in [9.17, 15) is 0 Å². The fraction of sp³-hybridized carbons (Fsp3) is 0. The van der Waals surface area contributed by atoms with E-state index in [0.29, 0.717) is 0 Å². The van der Waals surface area contributed by atoms with Crippen LogP contribution in [-0.2, 0) is 0 Å². The van der Waals surface area contributed by atoms with Crippen LogP contribution in [0.1, 0.15) is 0 Å². The van der Waals surface area contributed by atoms with E-state index < -0.39 is 0 Å². The number of benzene rings is 2. The van der Waals surface area contributed by atoms with Gasteiger partial charge in [0.1, 0.15) is 0 Å². The molecule has 0 atom stereocenters. The van der Waals surface area contributed by atoms with E-state index in [1.165, 1.54) is 0 Å². The van der Waals surface area contributed by atoms with Crippen molar-refractivity contribution in [2.45, 2.75) is 0 Å². The molecule has 3 rings (SSSR count). The molecule has 0 bridgehead atoms. The first-order valence-electron chi connectivity index (χ1n) is 5.33. The third kappa shape index (κ3) is 1.69. The first kappa shape index (κ1) is 9.72. The van der Waals surface area contributed by atoms with Crippen molar-refractivity contribution in [3.8, 4) is 5.69 Å². The molecule has 17 heavy (non-hydrogen) atoms. The summed E-state index contributed by atoms with van der Waals surface area (Å²) in [5, 5.41) is 5.50. The van der Waals surface area contributed by atoms with Gasteiger partial charge in [-0.2, -0.15) is 5.10 Å². The van der Waals surface area contributed by atoms with Crippen molar-refractivity contribution in [1.82, 2.24) is 9.78 Å². The second-order valence-electron chi connectivity index (χ2n) is 3.98. The summed E-state index contributed by atoms with van der Waals surface area (Å²) in [5.41, 5.74) is 14.8. The molecule has 4 nitrogen and oxygen atoms in total. The summed E-state index contributed by atoms with van der Waals surface area (Å²) in [5.74, 6) is 0. The van der Waals surface area contributed by atoms with Gasteiger partial charge in [0.25, 0.3) is 0 Å². The number of hydrogen-bond acceptors (Lipinski definition) is 3. The van der Waals surface area contributed by atoms with Crippen molar-refractivity contribution in [1.29, 1.82) is 0 Å². The SMILES string of the molecule is Nc1ccc(-n2cc3cc(N)ccc3n2)cc1. The largest absolute Gasteiger partial charge is 0.399 e. The average Bonchev–Trinajstić information content (AvgIpc) is 2.72. The molecule has 0 aliphatic heterocycles. The first-order chi connectivity index (χ1) is 8.22. The lowest BCUT2D eigenvalue weighted by Gasteiger charge is -2.00. The number of nitrogens with two attached hydrogens (primary N) is 2. The van der Waals surface area contributed by atoms with Crippen molar-refractivity contribution >= 4 is 22.3 Å². The Hall–Kier alpha value is -2.49. The summed E-state index contributed by atoms with van der Waals surface area (Å²) in [4.78, 5) is 0. The molecule has 0 fully saturated rings. The Morgan fingerprint density at radius 2 is 1.59 bits per heavy atom. The standard InChI is InChI=1S/C13H12N4/c14-10-1-4-12(5-2-10)17-8-9-7-11(15)3-6-13(9)16-17/h1-8H,14-15H2. The number of anilines is 2. The van der Waals surface area contributed by atoms with Crippen molar-refractivity contribution in [2.24, 2.45) is 0 Å². The minimum atomic E-state index is 0.745. The third-order valence-electron chi connectivity index (χ3n) is 2.69. The molecule has 84 valence electrons. The van der Waals surface area contributed by atoms with Gasteiger partial charge in [0, 0.05) is 23.0 Å². The first-order valence-corrected chi connectivity index (χ1v) is 5.33. The smallest absolute Gasteiger partial charge is 0.0929 e. The second kappa shape index (κ2) is 3.52. The Balaban J connectivity index is 2.14. The van der Waals surface area contributed by atoms with Crippen LogP contribution in [0.25, 0.3) is 16.6 Å². The maximum atomic E-state index is 5.74. The van der Waals surface area contributed by atoms with Crippen LogP contribution in [0.3, 0.4) is 0 Å². The fourth-order valence-electron chi connectivity index (χ4n) is 1.80. The molecule has 0 aliphatic carbocycles. The van der Waals surface area contributed by atoms with Crippen LogP contribution in [0, 0.1) is 0 Å². The van der Waals surface area contributed by atoms with Gasteiger partial charge in [0.2, 0.25) is 0 Å². The lowest BCUT2D eigenvalue weighted by Crippen LogP contribution is -1.94. The highest BCUT2D eigenvalue weighted by Gasteiger charge is 2.02. The van der Waals surface area contributed by atoms with E-state index in [4.69, 9.17) is 11.5 Å². The molecular formula is C13H12N4. The monoisotopic (exact) mass is 224 g/mol. The number of aromatic nitrogens is 2. The Labute approximate surface area is 98.5 Å². The van der Waals surface area contributed by atoms with Gasteiger partial charge in [-0.3, -0.25) is 0 Å². The Morgan fingerprint density at radius 1 is 0.882 bits per heavy atom. The molecule has 0 spiro atoms. The van der Waals surface area contributed by atoms with Gasteiger partial charge in [0.05, 0.1) is 11.2 Å². The molecule has 4 heteroatoms. The molecule has 0 saturated heterocycles. The minimum Gasteiger partial charge on any atom is -0.399 e. The molecule has 0 amide bonds. The molecule has 1 aromatic heterocycles. The predicted octanol–water partition coefficient (Wildman–Crippen LogP) is 2.19. The van der Waals surface area contributed by atoms with Crippen molar-refractivity contribution < 1.29 is 0 Å². The van der Waals surface area contributed by atoms with Crippen molar-refractivity contribution in [2.75, 3.05) is 11.5 Å². The quantitative estimate of drug-likeness (QED) is 0.622. The highest BCUT2D eigenvalue weighted by atomic mass is 15.3. The van der Waals surface area contributed by atoms with E-state index in [1.54, 1.807) is 0 Å². The van der Waals surface area contributed by atoms with Crippen molar-refractivity contribution in [3.63, 3.8) is 0 Å². The fourth-order valence-corrected chi connectivity index (χ4v) is 1.80. The van der Waals surface area contributed by atoms with E-state index >= 15 is 0 Å². The van der Waals surface area contributed by atoms with E-state index in [0.717, 1.165) is 28.0 Å². The predicted molar refractivity (Wildman–Crippen MR) is 69.9 cm³/mol. The normalized spacial score (nSPS) is 10.8. The lowest BCUT2D eigenvalue weighted by atomic mass is 10.2. The number of hydrogen-bond donors (Lipinski definition) is 2. The average molecular weight is 224 g/mol. The van der Waals surface area contributed by atoms with E-state index in [1.807, 2.05) is 53.3 Å². The van der Waals surface area contributed by atoms with Gasteiger partial charge in [-0.25, -0.2) is 4.68 Å². The van der Waals surface area contributed by atoms with E-state index in [-0.39, 0.29) is 0 Å². The highest BCUT2D eigenvalue weighted by Crippen LogP contribution is 2.18. The van der Waals surface area contributed by atoms with Crippen LogP contribution in [-0.4, -0.2) is 9.78 Å². The van der Waals surface area contributed by atoms with Crippen molar-refractivity contribution in [3.05, 3.63) is 48.7 Å². The molecule has 2 aromatic carbocycles. The van der Waals surface area contributed by atoms with Gasteiger partial charge in [0.15, 0.2) is 0 Å². The molecule has 0 saturated carbocycles. The van der Waals surface area contributed by atoms with Gasteiger partial charge in [-0.15, -0.1) is 0 Å². The van der Waals surface area contributed by atoms with Gasteiger partial charge in [-0.05, 0) is 42.5 Å². The maximum Gasteiger partial charge on any atom is 0.0929 e. The highest BCUT2D eigenvalue weighted by molar-refractivity contribution is 5.81. The van der Waals surface area contributed by atoms with Gasteiger partial charge in [-0.1, -0.05) is 0 Å². The topological polar surface area (TPSA) is 69.9 Å². The molecule has 1 heterocycles. The maximum absolute atomic E-state index is 5.74. The molecule has 0 radical (unpaired) electrons. The van der Waals surface area contributed by atoms with Crippen LogP contribution in [0.5, 0.6) is 0 Å². The second-order valence-corrected chi connectivity index (χ2v) is 3.98. The zero-order valence-corrected chi connectivity index (χ0v) is 9.17. The zero-order chi connectivity index (χ0) is 11.8. The minimum absolute atomic E-state index is 0.745. The molecule has 4 N–H and O–H groups in total. The summed E-state index contributed by atoms with van der Waals surface area (Å²) >= 11 is 0. The number of fused-ring (bicyclic) bond motifs is 1. The summed E-state index contributed by atoms with van der Waals surface area (Å²) in [6, 6.07) is 13.3. The number of nitrogens with zero attached hydrogens (tertiary/aromatic N) is 2. The zero-order valence-electron chi connectivity index (χ0n) is 9.17. The Bertz CT molecular complexity index is 667. The summed E-state index contributed by atoms with van der Waals surface area (Å²) in [6.07, 6.45) is 1.96. The number of rotatable bonds is 1.